The van der Waals surface area contributed by atoms with Crippen molar-refractivity contribution >= 4 is 15.7 Å². The molecular weight excluding hydrogens is 309 g/mol. The molecule has 2 aliphatic heterocycles. The molecule has 2 heterocycles. The lowest BCUT2D eigenvalue weighted by Gasteiger charge is -2.28. The minimum Gasteiger partial charge on any atom is -0.492 e. The van der Waals surface area contributed by atoms with E-state index in [0.717, 1.165) is 0 Å². The third-order valence-electron chi connectivity index (χ3n) is 4.20. The second-order valence-corrected chi connectivity index (χ2v) is 8.20. The van der Waals surface area contributed by atoms with E-state index in [4.69, 9.17) is 4.74 Å². The highest BCUT2D eigenvalue weighted by Gasteiger charge is 2.30. The first-order valence-electron chi connectivity index (χ1n) is 7.35. The number of rotatable bonds is 2. The Kier molecular flexibility index (Phi) is 4.08. The standard InChI is InChI=1S/C15H18FNO4S/c16-12-1-2-14-10(8-12)7-11(9-21-14)15(18)17-13-3-5-22(19,20)6-4-13/h1-2,8,11,13H,3-7,9H2,(H,17,18)/t11-/m0/s1. The van der Waals surface area contributed by atoms with Gasteiger partial charge in [-0.15, -0.1) is 0 Å². The molecule has 0 aromatic heterocycles. The van der Waals surface area contributed by atoms with Crippen molar-refractivity contribution in [3.8, 4) is 5.75 Å². The largest absolute Gasteiger partial charge is 0.492 e. The lowest BCUT2D eigenvalue weighted by atomic mass is 9.95. The molecule has 1 saturated heterocycles. The van der Waals surface area contributed by atoms with Gasteiger partial charge in [0.1, 0.15) is 28.0 Å². The summed E-state index contributed by atoms with van der Waals surface area (Å²) >= 11 is 0. The van der Waals surface area contributed by atoms with Crippen molar-refractivity contribution in [1.29, 1.82) is 0 Å². The number of amides is 1. The van der Waals surface area contributed by atoms with Gasteiger partial charge in [0.05, 0.1) is 17.4 Å². The highest BCUT2D eigenvalue weighted by atomic mass is 32.2. The zero-order valence-corrected chi connectivity index (χ0v) is 12.9. The van der Waals surface area contributed by atoms with Gasteiger partial charge in [-0.05, 0) is 43.0 Å². The monoisotopic (exact) mass is 327 g/mol. The summed E-state index contributed by atoms with van der Waals surface area (Å²) in [6, 6.07) is 4.19. The van der Waals surface area contributed by atoms with E-state index in [-0.39, 0.29) is 41.8 Å². The van der Waals surface area contributed by atoms with Crippen LogP contribution in [0.4, 0.5) is 4.39 Å². The summed E-state index contributed by atoms with van der Waals surface area (Å²) in [5.41, 5.74) is 0.692. The van der Waals surface area contributed by atoms with Crippen molar-refractivity contribution in [3.05, 3.63) is 29.6 Å². The molecule has 1 amide bonds. The number of carbonyl (C=O) groups excluding carboxylic acids is 1. The number of sulfone groups is 1. The first kappa shape index (κ1) is 15.3. The Labute approximate surface area is 128 Å². The molecule has 1 N–H and O–H groups in total. The van der Waals surface area contributed by atoms with Gasteiger partial charge in [0.2, 0.25) is 5.91 Å². The van der Waals surface area contributed by atoms with Crippen LogP contribution in [0.5, 0.6) is 5.75 Å². The topological polar surface area (TPSA) is 72.5 Å². The fourth-order valence-corrected chi connectivity index (χ4v) is 4.38. The second kappa shape index (κ2) is 5.87. The maximum atomic E-state index is 13.3. The Bertz CT molecular complexity index is 675. The summed E-state index contributed by atoms with van der Waals surface area (Å²) in [6.07, 6.45) is 1.34. The lowest BCUT2D eigenvalue weighted by Crippen LogP contribution is -2.45. The smallest absolute Gasteiger partial charge is 0.227 e. The zero-order valence-electron chi connectivity index (χ0n) is 12.0. The van der Waals surface area contributed by atoms with Crippen molar-refractivity contribution in [2.75, 3.05) is 18.1 Å². The zero-order chi connectivity index (χ0) is 15.7. The molecule has 1 atom stereocenters. The summed E-state index contributed by atoms with van der Waals surface area (Å²) in [6.45, 7) is 0.259. The molecule has 0 unspecified atom stereocenters. The van der Waals surface area contributed by atoms with Gasteiger partial charge in [-0.1, -0.05) is 0 Å². The van der Waals surface area contributed by atoms with E-state index in [1.165, 1.54) is 12.1 Å². The van der Waals surface area contributed by atoms with Crippen LogP contribution in [0.3, 0.4) is 0 Å². The van der Waals surface area contributed by atoms with Crippen LogP contribution in [0.2, 0.25) is 0 Å². The van der Waals surface area contributed by atoms with Gasteiger partial charge < -0.3 is 10.1 Å². The summed E-state index contributed by atoms with van der Waals surface area (Å²) in [4.78, 5) is 12.3. The van der Waals surface area contributed by atoms with Gasteiger partial charge in [0.15, 0.2) is 0 Å². The summed E-state index contributed by atoms with van der Waals surface area (Å²) in [5, 5.41) is 2.89. The SMILES string of the molecule is O=C(NC1CCS(=O)(=O)CC1)[C@@H]1COc2ccc(F)cc2C1. The van der Waals surface area contributed by atoms with Gasteiger partial charge in [-0.3, -0.25) is 4.79 Å². The van der Waals surface area contributed by atoms with E-state index in [2.05, 4.69) is 5.32 Å². The molecule has 0 saturated carbocycles. The van der Waals surface area contributed by atoms with Crippen LogP contribution in [0, 0.1) is 11.7 Å². The lowest BCUT2D eigenvalue weighted by molar-refractivity contribution is -0.127. The number of halogens is 1. The quantitative estimate of drug-likeness (QED) is 0.882. The summed E-state index contributed by atoms with van der Waals surface area (Å²) < 4.78 is 41.5. The van der Waals surface area contributed by atoms with Crippen LogP contribution in [-0.2, 0) is 21.1 Å². The normalized spacial score (nSPS) is 24.1. The second-order valence-electron chi connectivity index (χ2n) is 5.90. The average molecular weight is 327 g/mol. The van der Waals surface area contributed by atoms with E-state index in [1.54, 1.807) is 6.07 Å². The molecule has 22 heavy (non-hydrogen) atoms. The van der Waals surface area contributed by atoms with E-state index < -0.39 is 9.84 Å². The maximum Gasteiger partial charge on any atom is 0.227 e. The Hall–Kier alpha value is -1.63. The fraction of sp³-hybridized carbons (Fsp3) is 0.533. The third kappa shape index (κ3) is 3.40. The van der Waals surface area contributed by atoms with Gasteiger partial charge in [-0.25, -0.2) is 12.8 Å². The molecule has 7 heteroatoms. The highest BCUT2D eigenvalue weighted by molar-refractivity contribution is 7.91. The molecule has 0 aliphatic carbocycles. The van der Waals surface area contributed by atoms with Crippen molar-refractivity contribution < 1.29 is 22.3 Å². The van der Waals surface area contributed by atoms with Crippen LogP contribution in [-0.4, -0.2) is 38.5 Å². The van der Waals surface area contributed by atoms with Crippen molar-refractivity contribution in [3.63, 3.8) is 0 Å². The molecule has 1 aromatic rings. The molecule has 1 fully saturated rings. The number of nitrogens with one attached hydrogen (secondary N) is 1. The third-order valence-corrected chi connectivity index (χ3v) is 5.92. The number of hydrogen-bond acceptors (Lipinski definition) is 4. The van der Waals surface area contributed by atoms with E-state index in [0.29, 0.717) is 30.6 Å². The van der Waals surface area contributed by atoms with Crippen molar-refractivity contribution in [2.45, 2.75) is 25.3 Å². The van der Waals surface area contributed by atoms with Gasteiger partial charge in [0, 0.05) is 6.04 Å². The Morgan fingerprint density at radius 3 is 2.73 bits per heavy atom. The first-order chi connectivity index (χ1) is 10.4. The van der Waals surface area contributed by atoms with Crippen LogP contribution >= 0.6 is 0 Å². The molecule has 3 rings (SSSR count). The van der Waals surface area contributed by atoms with Crippen molar-refractivity contribution in [2.24, 2.45) is 5.92 Å². The highest BCUT2D eigenvalue weighted by Crippen LogP contribution is 2.28. The average Bonchev–Trinajstić information content (AvgIpc) is 2.48. The molecule has 0 spiro atoms. The van der Waals surface area contributed by atoms with E-state index in [9.17, 15) is 17.6 Å². The van der Waals surface area contributed by atoms with Gasteiger partial charge in [0.25, 0.3) is 0 Å². The van der Waals surface area contributed by atoms with E-state index in [1.807, 2.05) is 0 Å². The van der Waals surface area contributed by atoms with Crippen LogP contribution in [0.1, 0.15) is 18.4 Å². The predicted octanol–water partition coefficient (Wildman–Crippen LogP) is 1.07. The molecule has 5 nitrogen and oxygen atoms in total. The Balaban J connectivity index is 1.60. The molecule has 0 radical (unpaired) electrons. The minimum atomic E-state index is -2.94. The Morgan fingerprint density at radius 2 is 2.00 bits per heavy atom. The minimum absolute atomic E-state index is 0.107. The van der Waals surface area contributed by atoms with Crippen LogP contribution < -0.4 is 10.1 Å². The van der Waals surface area contributed by atoms with Crippen molar-refractivity contribution in [1.82, 2.24) is 5.32 Å². The first-order valence-corrected chi connectivity index (χ1v) is 9.17. The molecule has 120 valence electrons. The fourth-order valence-electron chi connectivity index (χ4n) is 2.88. The van der Waals surface area contributed by atoms with Crippen LogP contribution in [0.25, 0.3) is 0 Å². The van der Waals surface area contributed by atoms with E-state index >= 15 is 0 Å². The summed E-state index contributed by atoms with van der Waals surface area (Å²) in [7, 11) is -2.94. The molecule has 2 aliphatic rings. The van der Waals surface area contributed by atoms with Gasteiger partial charge >= 0.3 is 0 Å². The number of ether oxygens (including phenoxy) is 1. The van der Waals surface area contributed by atoms with Gasteiger partial charge in [-0.2, -0.15) is 0 Å². The summed E-state index contributed by atoms with van der Waals surface area (Å²) in [5.74, 6) is -0.0116. The number of fused-ring (bicyclic) bond motifs is 1. The number of benzene rings is 1. The molecule has 0 bridgehead atoms. The Morgan fingerprint density at radius 1 is 1.27 bits per heavy atom. The predicted molar refractivity (Wildman–Crippen MR) is 78.9 cm³/mol. The maximum absolute atomic E-state index is 13.3. The number of carbonyl (C=O) groups is 1. The number of hydrogen-bond donors (Lipinski definition) is 1. The molecule has 1 aromatic carbocycles. The molecular formula is C15H18FNO4S. The van der Waals surface area contributed by atoms with Crippen LogP contribution in [0.15, 0.2) is 18.2 Å².